The molecule has 0 bridgehead atoms. The predicted molar refractivity (Wildman–Crippen MR) is 60.3 cm³/mol. The van der Waals surface area contributed by atoms with Crippen LogP contribution in [-0.2, 0) is 6.54 Å². The summed E-state index contributed by atoms with van der Waals surface area (Å²) in [6, 6.07) is 2.64. The van der Waals surface area contributed by atoms with E-state index >= 15 is 0 Å². The fourth-order valence-electron chi connectivity index (χ4n) is 1.08. The summed E-state index contributed by atoms with van der Waals surface area (Å²) < 4.78 is 0. The highest BCUT2D eigenvalue weighted by molar-refractivity contribution is 7.12. The van der Waals surface area contributed by atoms with Gasteiger partial charge in [0.05, 0.1) is 0 Å². The third kappa shape index (κ3) is 2.98. The molecule has 0 aliphatic rings. The van der Waals surface area contributed by atoms with Gasteiger partial charge in [0.15, 0.2) is 0 Å². The standard InChI is InChI=1S/C11H17NS/c1-5-9(3)12-7-11-6-8(2)10(4)13-11/h5-6,9,12H,1,7H2,2-4H3. The molecule has 1 nitrogen and oxygen atoms in total. The molecule has 13 heavy (non-hydrogen) atoms. The van der Waals surface area contributed by atoms with Crippen molar-refractivity contribution in [1.29, 1.82) is 0 Å². The molecule has 0 radical (unpaired) electrons. The Hall–Kier alpha value is -0.600. The minimum Gasteiger partial charge on any atom is -0.306 e. The van der Waals surface area contributed by atoms with E-state index in [4.69, 9.17) is 0 Å². The van der Waals surface area contributed by atoms with E-state index in [1.165, 1.54) is 15.3 Å². The van der Waals surface area contributed by atoms with Crippen LogP contribution in [0.25, 0.3) is 0 Å². The second kappa shape index (κ2) is 4.58. The van der Waals surface area contributed by atoms with E-state index in [1.807, 2.05) is 17.4 Å². The summed E-state index contributed by atoms with van der Waals surface area (Å²) in [5.41, 5.74) is 1.40. The van der Waals surface area contributed by atoms with Gasteiger partial charge in [0, 0.05) is 22.3 Å². The summed E-state index contributed by atoms with van der Waals surface area (Å²) in [5, 5.41) is 3.38. The fraction of sp³-hybridized carbons (Fsp3) is 0.455. The molecule has 1 heterocycles. The summed E-state index contributed by atoms with van der Waals surface area (Å²) in [5.74, 6) is 0. The number of thiophene rings is 1. The third-order valence-corrected chi connectivity index (χ3v) is 3.32. The van der Waals surface area contributed by atoms with Crippen molar-refractivity contribution >= 4 is 11.3 Å². The van der Waals surface area contributed by atoms with E-state index in [-0.39, 0.29) is 0 Å². The van der Waals surface area contributed by atoms with Crippen LogP contribution in [0.5, 0.6) is 0 Å². The third-order valence-electron chi connectivity index (χ3n) is 2.17. The maximum atomic E-state index is 3.74. The van der Waals surface area contributed by atoms with Crippen LogP contribution >= 0.6 is 11.3 Å². The van der Waals surface area contributed by atoms with Gasteiger partial charge < -0.3 is 5.32 Å². The van der Waals surface area contributed by atoms with Crippen LogP contribution in [-0.4, -0.2) is 6.04 Å². The van der Waals surface area contributed by atoms with Crippen LogP contribution in [0.2, 0.25) is 0 Å². The Morgan fingerprint density at radius 2 is 2.31 bits per heavy atom. The zero-order valence-corrected chi connectivity index (χ0v) is 9.37. The van der Waals surface area contributed by atoms with Gasteiger partial charge in [-0.25, -0.2) is 0 Å². The maximum absolute atomic E-state index is 3.74. The summed E-state index contributed by atoms with van der Waals surface area (Å²) >= 11 is 1.87. The van der Waals surface area contributed by atoms with Crippen LogP contribution in [0.1, 0.15) is 22.2 Å². The highest BCUT2D eigenvalue weighted by Gasteiger charge is 2.01. The van der Waals surface area contributed by atoms with Crippen molar-refractivity contribution in [2.45, 2.75) is 33.4 Å². The van der Waals surface area contributed by atoms with Crippen LogP contribution in [0.15, 0.2) is 18.7 Å². The zero-order chi connectivity index (χ0) is 9.84. The molecule has 1 unspecified atom stereocenters. The SMILES string of the molecule is C=CC(C)NCc1cc(C)c(C)s1. The van der Waals surface area contributed by atoms with E-state index in [0.717, 1.165) is 6.54 Å². The number of hydrogen-bond acceptors (Lipinski definition) is 2. The number of nitrogens with one attached hydrogen (secondary N) is 1. The molecule has 72 valence electrons. The first-order valence-corrected chi connectivity index (χ1v) is 5.37. The lowest BCUT2D eigenvalue weighted by molar-refractivity contribution is 0.640. The van der Waals surface area contributed by atoms with Gasteiger partial charge in [-0.05, 0) is 32.4 Å². The first-order chi connectivity index (χ1) is 6.13. The molecule has 1 rings (SSSR count). The number of rotatable bonds is 4. The molecule has 0 amide bonds. The Bertz CT molecular complexity index is 269. The van der Waals surface area contributed by atoms with Crippen molar-refractivity contribution in [3.05, 3.63) is 34.0 Å². The van der Waals surface area contributed by atoms with Crippen LogP contribution < -0.4 is 5.32 Å². The molecule has 2 heteroatoms. The van der Waals surface area contributed by atoms with Gasteiger partial charge >= 0.3 is 0 Å². The van der Waals surface area contributed by atoms with Crippen molar-refractivity contribution in [3.8, 4) is 0 Å². The lowest BCUT2D eigenvalue weighted by Crippen LogP contribution is -2.22. The second-order valence-corrected chi connectivity index (χ2v) is 4.70. The Kier molecular flexibility index (Phi) is 3.70. The average Bonchev–Trinajstić information content (AvgIpc) is 2.42. The van der Waals surface area contributed by atoms with Crippen molar-refractivity contribution in [1.82, 2.24) is 5.32 Å². The molecule has 1 aromatic rings. The van der Waals surface area contributed by atoms with Crippen molar-refractivity contribution in [3.63, 3.8) is 0 Å². The van der Waals surface area contributed by atoms with E-state index in [2.05, 4.69) is 38.7 Å². The number of hydrogen-bond donors (Lipinski definition) is 1. The first kappa shape index (κ1) is 10.5. The molecule has 0 fully saturated rings. The smallest absolute Gasteiger partial charge is 0.0305 e. The normalized spacial score (nSPS) is 12.8. The summed E-state index contributed by atoms with van der Waals surface area (Å²) in [6.07, 6.45) is 1.92. The predicted octanol–water partition coefficient (Wildman–Crippen LogP) is 3.03. The fourth-order valence-corrected chi connectivity index (χ4v) is 2.09. The molecule has 0 aliphatic heterocycles. The van der Waals surface area contributed by atoms with E-state index < -0.39 is 0 Å². The van der Waals surface area contributed by atoms with Gasteiger partial charge in [-0.15, -0.1) is 17.9 Å². The minimum atomic E-state index is 0.391. The molecule has 0 aliphatic carbocycles. The van der Waals surface area contributed by atoms with Gasteiger partial charge in [0.2, 0.25) is 0 Å². The monoisotopic (exact) mass is 195 g/mol. The quantitative estimate of drug-likeness (QED) is 0.728. The lowest BCUT2D eigenvalue weighted by Gasteiger charge is -2.06. The largest absolute Gasteiger partial charge is 0.306 e. The van der Waals surface area contributed by atoms with Crippen molar-refractivity contribution in [2.75, 3.05) is 0 Å². The van der Waals surface area contributed by atoms with Crippen molar-refractivity contribution < 1.29 is 0 Å². The summed E-state index contributed by atoms with van der Waals surface area (Å²) in [4.78, 5) is 2.83. The van der Waals surface area contributed by atoms with Gasteiger partial charge in [-0.2, -0.15) is 0 Å². The van der Waals surface area contributed by atoms with Crippen molar-refractivity contribution in [2.24, 2.45) is 0 Å². The molecule has 1 aromatic heterocycles. The van der Waals surface area contributed by atoms with Gasteiger partial charge in [0.1, 0.15) is 0 Å². The topological polar surface area (TPSA) is 12.0 Å². The highest BCUT2D eigenvalue weighted by Crippen LogP contribution is 2.20. The lowest BCUT2D eigenvalue weighted by atomic mass is 10.3. The number of aryl methyl sites for hydroxylation is 2. The first-order valence-electron chi connectivity index (χ1n) is 4.55. The van der Waals surface area contributed by atoms with Crippen LogP contribution in [0.4, 0.5) is 0 Å². The van der Waals surface area contributed by atoms with E-state index in [9.17, 15) is 0 Å². The summed E-state index contributed by atoms with van der Waals surface area (Å²) in [6.45, 7) is 11.1. The molecular weight excluding hydrogens is 178 g/mol. The zero-order valence-electron chi connectivity index (χ0n) is 8.55. The van der Waals surface area contributed by atoms with Gasteiger partial charge in [0.25, 0.3) is 0 Å². The molecule has 0 aromatic carbocycles. The minimum absolute atomic E-state index is 0.391. The van der Waals surface area contributed by atoms with E-state index in [0.29, 0.717) is 6.04 Å². The Labute approximate surface area is 84.5 Å². The molecule has 1 atom stereocenters. The molecule has 0 saturated heterocycles. The average molecular weight is 195 g/mol. The van der Waals surface area contributed by atoms with Gasteiger partial charge in [-0.1, -0.05) is 6.08 Å². The highest BCUT2D eigenvalue weighted by atomic mass is 32.1. The molecule has 1 N–H and O–H groups in total. The van der Waals surface area contributed by atoms with Gasteiger partial charge in [-0.3, -0.25) is 0 Å². The molecule has 0 spiro atoms. The molecular formula is C11H17NS. The summed E-state index contributed by atoms with van der Waals surface area (Å²) in [7, 11) is 0. The second-order valence-electron chi connectivity index (χ2n) is 3.36. The molecule has 0 saturated carbocycles. The Balaban J connectivity index is 2.50. The van der Waals surface area contributed by atoms with Crippen LogP contribution in [0.3, 0.4) is 0 Å². The Morgan fingerprint density at radius 3 is 2.77 bits per heavy atom. The van der Waals surface area contributed by atoms with E-state index in [1.54, 1.807) is 0 Å². The maximum Gasteiger partial charge on any atom is 0.0305 e. The Morgan fingerprint density at radius 1 is 1.62 bits per heavy atom. The van der Waals surface area contributed by atoms with Crippen LogP contribution in [0, 0.1) is 13.8 Å².